The van der Waals surface area contributed by atoms with Gasteiger partial charge in [0.05, 0.1) is 6.10 Å². The van der Waals surface area contributed by atoms with E-state index in [1.165, 1.54) is 10.9 Å². The van der Waals surface area contributed by atoms with Crippen LogP contribution in [0.4, 0.5) is 8.78 Å². The molecule has 1 aromatic carbocycles. The molecule has 1 aromatic heterocycles. The maximum absolute atomic E-state index is 13.1. The molecule has 0 spiro atoms. The standard InChI is InChI=1S/C14H14F2OS/c1-2-10-4-5-11(18-10)8-14(17)9-3-6-12(15)13(16)7-9/h3-7,14,17H,2,8H2,1H3. The SMILES string of the molecule is CCc1ccc(CC(O)c2ccc(F)c(F)c2)s1. The van der Waals surface area contributed by atoms with E-state index < -0.39 is 17.7 Å². The molecule has 0 radical (unpaired) electrons. The average molecular weight is 268 g/mol. The normalized spacial score (nSPS) is 12.7. The lowest BCUT2D eigenvalue weighted by Gasteiger charge is -2.09. The van der Waals surface area contributed by atoms with Crippen molar-refractivity contribution in [1.82, 2.24) is 0 Å². The highest BCUT2D eigenvalue weighted by Gasteiger charge is 2.12. The third-order valence-electron chi connectivity index (χ3n) is 2.79. The molecule has 0 bridgehead atoms. The van der Waals surface area contributed by atoms with Crippen LogP contribution in [0.25, 0.3) is 0 Å². The van der Waals surface area contributed by atoms with E-state index in [1.807, 2.05) is 12.1 Å². The Bertz CT molecular complexity index is 536. The summed E-state index contributed by atoms with van der Waals surface area (Å²) in [5.41, 5.74) is 0.403. The van der Waals surface area contributed by atoms with Crippen molar-refractivity contribution in [2.24, 2.45) is 0 Å². The number of halogens is 2. The third-order valence-corrected chi connectivity index (χ3v) is 4.04. The van der Waals surface area contributed by atoms with E-state index in [2.05, 4.69) is 6.92 Å². The Morgan fingerprint density at radius 2 is 1.83 bits per heavy atom. The van der Waals surface area contributed by atoms with E-state index in [4.69, 9.17) is 0 Å². The Labute approximate surface area is 109 Å². The molecule has 1 nitrogen and oxygen atoms in total. The van der Waals surface area contributed by atoms with Gasteiger partial charge in [-0.3, -0.25) is 0 Å². The quantitative estimate of drug-likeness (QED) is 0.892. The zero-order chi connectivity index (χ0) is 13.1. The second-order valence-corrected chi connectivity index (χ2v) is 5.37. The number of thiophene rings is 1. The van der Waals surface area contributed by atoms with Gasteiger partial charge in [0.1, 0.15) is 0 Å². The molecule has 1 atom stereocenters. The van der Waals surface area contributed by atoms with E-state index in [1.54, 1.807) is 11.3 Å². The summed E-state index contributed by atoms with van der Waals surface area (Å²) < 4.78 is 25.8. The molecule has 0 aliphatic heterocycles. The molecule has 0 saturated carbocycles. The molecule has 0 aliphatic rings. The predicted octanol–water partition coefficient (Wildman–Crippen LogP) is 3.86. The number of rotatable bonds is 4. The van der Waals surface area contributed by atoms with Gasteiger partial charge in [0.15, 0.2) is 11.6 Å². The van der Waals surface area contributed by atoms with Gasteiger partial charge in [0.25, 0.3) is 0 Å². The van der Waals surface area contributed by atoms with Crippen LogP contribution in [-0.4, -0.2) is 5.11 Å². The minimum Gasteiger partial charge on any atom is -0.388 e. The highest BCUT2D eigenvalue weighted by Crippen LogP contribution is 2.25. The first-order valence-corrected chi connectivity index (χ1v) is 6.62. The first-order valence-electron chi connectivity index (χ1n) is 5.80. The molecule has 0 saturated heterocycles. The van der Waals surface area contributed by atoms with E-state index in [0.29, 0.717) is 12.0 Å². The van der Waals surface area contributed by atoms with Gasteiger partial charge in [-0.05, 0) is 36.2 Å². The number of benzene rings is 1. The van der Waals surface area contributed by atoms with Crippen LogP contribution in [0.1, 0.15) is 28.3 Å². The van der Waals surface area contributed by atoms with Gasteiger partial charge in [-0.1, -0.05) is 13.0 Å². The van der Waals surface area contributed by atoms with Crippen LogP contribution in [0, 0.1) is 11.6 Å². The molecule has 1 unspecified atom stereocenters. The largest absolute Gasteiger partial charge is 0.388 e. The topological polar surface area (TPSA) is 20.2 Å². The first-order chi connectivity index (χ1) is 8.60. The van der Waals surface area contributed by atoms with Gasteiger partial charge in [-0.25, -0.2) is 8.78 Å². The van der Waals surface area contributed by atoms with Crippen molar-refractivity contribution in [3.8, 4) is 0 Å². The highest BCUT2D eigenvalue weighted by molar-refractivity contribution is 7.11. The van der Waals surface area contributed by atoms with Gasteiger partial charge in [-0.15, -0.1) is 11.3 Å². The predicted molar refractivity (Wildman–Crippen MR) is 68.7 cm³/mol. The molecule has 2 aromatic rings. The summed E-state index contributed by atoms with van der Waals surface area (Å²) in [4.78, 5) is 2.30. The summed E-state index contributed by atoms with van der Waals surface area (Å²) in [5, 5.41) is 9.99. The van der Waals surface area contributed by atoms with Crippen molar-refractivity contribution in [2.75, 3.05) is 0 Å². The van der Waals surface area contributed by atoms with Gasteiger partial charge < -0.3 is 5.11 Å². The molecule has 96 valence electrons. The smallest absolute Gasteiger partial charge is 0.159 e. The Hall–Kier alpha value is -1.26. The highest BCUT2D eigenvalue weighted by atomic mass is 32.1. The Morgan fingerprint density at radius 3 is 2.44 bits per heavy atom. The molecule has 0 amide bonds. The maximum atomic E-state index is 13.1. The monoisotopic (exact) mass is 268 g/mol. The number of hydrogen-bond donors (Lipinski definition) is 1. The molecule has 2 rings (SSSR count). The summed E-state index contributed by atoms with van der Waals surface area (Å²) in [7, 11) is 0. The second kappa shape index (κ2) is 5.59. The van der Waals surface area contributed by atoms with E-state index in [9.17, 15) is 13.9 Å². The molecule has 0 fully saturated rings. The van der Waals surface area contributed by atoms with Crippen molar-refractivity contribution in [3.05, 3.63) is 57.3 Å². The number of aliphatic hydroxyl groups is 1. The number of hydrogen-bond acceptors (Lipinski definition) is 2. The maximum Gasteiger partial charge on any atom is 0.159 e. The summed E-state index contributed by atoms with van der Waals surface area (Å²) in [6, 6.07) is 7.50. The Kier molecular flexibility index (Phi) is 4.09. The van der Waals surface area contributed by atoms with Crippen LogP contribution < -0.4 is 0 Å². The Balaban J connectivity index is 2.11. The molecular formula is C14H14F2OS. The lowest BCUT2D eigenvalue weighted by molar-refractivity contribution is 0.179. The van der Waals surface area contributed by atoms with Crippen LogP contribution in [0.2, 0.25) is 0 Å². The second-order valence-electron chi connectivity index (χ2n) is 4.12. The van der Waals surface area contributed by atoms with Crippen molar-refractivity contribution < 1.29 is 13.9 Å². The van der Waals surface area contributed by atoms with Crippen LogP contribution >= 0.6 is 11.3 Å². The van der Waals surface area contributed by atoms with E-state index >= 15 is 0 Å². The van der Waals surface area contributed by atoms with E-state index in [-0.39, 0.29) is 0 Å². The minimum absolute atomic E-state index is 0.403. The molecule has 4 heteroatoms. The average Bonchev–Trinajstić information content (AvgIpc) is 2.80. The fourth-order valence-electron chi connectivity index (χ4n) is 1.75. The molecule has 1 N–H and O–H groups in total. The number of aryl methyl sites for hydroxylation is 1. The zero-order valence-corrected chi connectivity index (χ0v) is 10.8. The lowest BCUT2D eigenvalue weighted by Crippen LogP contribution is -2.01. The third kappa shape index (κ3) is 2.94. The summed E-state index contributed by atoms with van der Waals surface area (Å²) >= 11 is 1.64. The molecule has 18 heavy (non-hydrogen) atoms. The van der Waals surface area contributed by atoms with Crippen LogP contribution in [0.3, 0.4) is 0 Å². The van der Waals surface area contributed by atoms with Gasteiger partial charge >= 0.3 is 0 Å². The van der Waals surface area contributed by atoms with Crippen molar-refractivity contribution in [2.45, 2.75) is 25.9 Å². The van der Waals surface area contributed by atoms with Gasteiger partial charge in [-0.2, -0.15) is 0 Å². The van der Waals surface area contributed by atoms with Crippen LogP contribution in [0.15, 0.2) is 30.3 Å². The van der Waals surface area contributed by atoms with Gasteiger partial charge in [0, 0.05) is 16.2 Å². The zero-order valence-electron chi connectivity index (χ0n) is 9.99. The van der Waals surface area contributed by atoms with Gasteiger partial charge in [0.2, 0.25) is 0 Å². The lowest BCUT2D eigenvalue weighted by atomic mass is 10.1. The molecule has 1 heterocycles. The van der Waals surface area contributed by atoms with Crippen LogP contribution in [0.5, 0.6) is 0 Å². The van der Waals surface area contributed by atoms with Crippen molar-refractivity contribution >= 4 is 11.3 Å². The Morgan fingerprint density at radius 1 is 1.11 bits per heavy atom. The molecule has 0 aliphatic carbocycles. The number of aliphatic hydroxyl groups excluding tert-OH is 1. The fraction of sp³-hybridized carbons (Fsp3) is 0.286. The summed E-state index contributed by atoms with van der Waals surface area (Å²) in [6.07, 6.45) is 0.588. The van der Waals surface area contributed by atoms with Crippen molar-refractivity contribution in [1.29, 1.82) is 0 Å². The van der Waals surface area contributed by atoms with E-state index in [0.717, 1.165) is 23.4 Å². The summed E-state index contributed by atoms with van der Waals surface area (Å²) in [6.45, 7) is 2.07. The minimum atomic E-state index is -0.924. The van der Waals surface area contributed by atoms with Crippen LogP contribution in [-0.2, 0) is 12.8 Å². The summed E-state index contributed by atoms with van der Waals surface area (Å²) in [5.74, 6) is -1.82. The fourth-order valence-corrected chi connectivity index (χ4v) is 2.74. The molecular weight excluding hydrogens is 254 g/mol. The first kappa shape index (κ1) is 13.2. The van der Waals surface area contributed by atoms with Crippen molar-refractivity contribution in [3.63, 3.8) is 0 Å².